The smallest absolute Gasteiger partial charge is 0.0897 e. The van der Waals surface area contributed by atoms with Gasteiger partial charge in [0.1, 0.15) is 0 Å². The first-order valence-electron chi connectivity index (χ1n) is 5.46. The summed E-state index contributed by atoms with van der Waals surface area (Å²) in [5, 5.41) is 12.8. The van der Waals surface area contributed by atoms with Gasteiger partial charge < -0.3 is 15.2 Å². The van der Waals surface area contributed by atoms with Crippen LogP contribution >= 0.6 is 0 Å². The van der Waals surface area contributed by atoms with Crippen LogP contribution in [0, 0.1) is 0 Å². The minimum Gasteiger partial charge on any atom is -0.389 e. The fourth-order valence-corrected chi connectivity index (χ4v) is 0.949. The number of rotatable bonds is 7. The summed E-state index contributed by atoms with van der Waals surface area (Å²) in [4.78, 5) is 0. The molecule has 0 aromatic heterocycles. The molecule has 0 aromatic rings. The number of hydrogen-bond donors (Lipinski definition) is 2. The summed E-state index contributed by atoms with van der Waals surface area (Å²) >= 11 is 0. The largest absolute Gasteiger partial charge is 0.389 e. The van der Waals surface area contributed by atoms with Crippen molar-refractivity contribution in [3.8, 4) is 0 Å². The minimum atomic E-state index is -0.397. The Kier molecular flexibility index (Phi) is 7.15. The fourth-order valence-electron chi connectivity index (χ4n) is 0.949. The van der Waals surface area contributed by atoms with Gasteiger partial charge in [-0.05, 0) is 27.2 Å². The van der Waals surface area contributed by atoms with Crippen LogP contribution in [0.3, 0.4) is 0 Å². The second-order valence-electron chi connectivity index (χ2n) is 4.71. The van der Waals surface area contributed by atoms with Crippen molar-refractivity contribution in [2.75, 3.05) is 19.8 Å². The van der Waals surface area contributed by atoms with E-state index in [1.165, 1.54) is 0 Å². The average Bonchev–Trinajstić information content (AvgIpc) is 2.08. The van der Waals surface area contributed by atoms with Gasteiger partial charge in [-0.2, -0.15) is 0 Å². The van der Waals surface area contributed by atoms with Crippen LogP contribution in [-0.4, -0.2) is 36.5 Å². The molecule has 3 heteroatoms. The number of β-amino-alcohol motifs (C(OH)–C–C–N with tert-alkyl or cyclic N) is 1. The third kappa shape index (κ3) is 9.96. The molecule has 0 heterocycles. The summed E-state index contributed by atoms with van der Waals surface area (Å²) in [5.41, 5.74) is 0.0599. The first-order valence-corrected chi connectivity index (χ1v) is 5.46. The van der Waals surface area contributed by atoms with E-state index < -0.39 is 6.10 Å². The molecule has 2 N–H and O–H groups in total. The highest BCUT2D eigenvalue weighted by molar-refractivity contribution is 4.72. The molecule has 0 bridgehead atoms. The van der Waals surface area contributed by atoms with Crippen LogP contribution in [0.5, 0.6) is 0 Å². The van der Waals surface area contributed by atoms with Crippen molar-refractivity contribution in [3.63, 3.8) is 0 Å². The predicted octanol–water partition coefficient (Wildman–Crippen LogP) is 1.55. The third-order valence-electron chi connectivity index (χ3n) is 1.82. The molecule has 0 radical (unpaired) electrons. The van der Waals surface area contributed by atoms with E-state index in [-0.39, 0.29) is 5.54 Å². The summed E-state index contributed by atoms with van der Waals surface area (Å²) in [6.07, 6.45) is 1.81. The van der Waals surface area contributed by atoms with Crippen molar-refractivity contribution in [2.24, 2.45) is 0 Å². The molecular weight excluding hydrogens is 178 g/mol. The standard InChI is InChI=1S/C11H25NO2/c1-5-6-7-14-9-10(13)8-12-11(2,3)4/h10,12-13H,5-9H2,1-4H3. The van der Waals surface area contributed by atoms with Gasteiger partial charge in [-0.25, -0.2) is 0 Å². The molecule has 0 aliphatic carbocycles. The molecule has 1 atom stereocenters. The second kappa shape index (κ2) is 7.21. The van der Waals surface area contributed by atoms with E-state index in [1.54, 1.807) is 0 Å². The van der Waals surface area contributed by atoms with Gasteiger partial charge in [0.2, 0.25) is 0 Å². The zero-order chi connectivity index (χ0) is 11.0. The van der Waals surface area contributed by atoms with Gasteiger partial charge in [-0.3, -0.25) is 0 Å². The Labute approximate surface area is 87.8 Å². The van der Waals surface area contributed by atoms with E-state index in [0.717, 1.165) is 19.4 Å². The van der Waals surface area contributed by atoms with Gasteiger partial charge in [-0.1, -0.05) is 13.3 Å². The van der Waals surface area contributed by atoms with Crippen molar-refractivity contribution in [3.05, 3.63) is 0 Å². The van der Waals surface area contributed by atoms with Gasteiger partial charge in [0, 0.05) is 18.7 Å². The maximum atomic E-state index is 9.52. The Balaban J connectivity index is 3.32. The van der Waals surface area contributed by atoms with Gasteiger partial charge in [0.25, 0.3) is 0 Å². The summed E-state index contributed by atoms with van der Waals surface area (Å²) in [6.45, 7) is 10.1. The minimum absolute atomic E-state index is 0.0599. The lowest BCUT2D eigenvalue weighted by Gasteiger charge is -2.22. The quantitative estimate of drug-likeness (QED) is 0.617. The van der Waals surface area contributed by atoms with Gasteiger partial charge in [-0.15, -0.1) is 0 Å². The zero-order valence-corrected chi connectivity index (χ0v) is 9.97. The van der Waals surface area contributed by atoms with Crippen molar-refractivity contribution >= 4 is 0 Å². The summed E-state index contributed by atoms with van der Waals surface area (Å²) in [6, 6.07) is 0. The molecule has 0 aromatic carbocycles. The molecule has 86 valence electrons. The van der Waals surface area contributed by atoms with Crippen molar-refractivity contribution in [1.29, 1.82) is 0 Å². The van der Waals surface area contributed by atoms with Crippen molar-refractivity contribution in [2.45, 2.75) is 52.2 Å². The highest BCUT2D eigenvalue weighted by Crippen LogP contribution is 1.98. The van der Waals surface area contributed by atoms with E-state index >= 15 is 0 Å². The molecular formula is C11H25NO2. The van der Waals surface area contributed by atoms with Gasteiger partial charge in [0.15, 0.2) is 0 Å². The number of hydrogen-bond acceptors (Lipinski definition) is 3. The van der Waals surface area contributed by atoms with E-state index in [0.29, 0.717) is 13.2 Å². The second-order valence-corrected chi connectivity index (χ2v) is 4.71. The normalized spacial score (nSPS) is 14.4. The van der Waals surface area contributed by atoms with Gasteiger partial charge >= 0.3 is 0 Å². The number of unbranched alkanes of at least 4 members (excludes halogenated alkanes) is 1. The lowest BCUT2D eigenvalue weighted by molar-refractivity contribution is 0.0330. The van der Waals surface area contributed by atoms with E-state index in [4.69, 9.17) is 4.74 Å². The van der Waals surface area contributed by atoms with Crippen LogP contribution in [0.2, 0.25) is 0 Å². The van der Waals surface area contributed by atoms with Crippen LogP contribution in [0.25, 0.3) is 0 Å². The Morgan fingerprint density at radius 1 is 1.36 bits per heavy atom. The van der Waals surface area contributed by atoms with Crippen molar-refractivity contribution < 1.29 is 9.84 Å². The molecule has 0 rings (SSSR count). The molecule has 1 unspecified atom stereocenters. The summed E-state index contributed by atoms with van der Waals surface area (Å²) in [5.74, 6) is 0. The molecule has 0 fully saturated rings. The highest BCUT2D eigenvalue weighted by Gasteiger charge is 2.11. The molecule has 0 saturated heterocycles. The lowest BCUT2D eigenvalue weighted by Crippen LogP contribution is -2.42. The molecule has 0 saturated carbocycles. The molecule has 0 aliphatic heterocycles. The lowest BCUT2D eigenvalue weighted by atomic mass is 10.1. The SMILES string of the molecule is CCCCOCC(O)CNC(C)(C)C. The highest BCUT2D eigenvalue weighted by atomic mass is 16.5. The first-order chi connectivity index (χ1) is 6.45. The maximum Gasteiger partial charge on any atom is 0.0897 e. The number of nitrogens with one attached hydrogen (secondary N) is 1. The Bertz CT molecular complexity index is 132. The average molecular weight is 203 g/mol. The molecule has 0 aliphatic rings. The number of aliphatic hydroxyl groups excluding tert-OH is 1. The fraction of sp³-hybridized carbons (Fsp3) is 1.00. The monoisotopic (exact) mass is 203 g/mol. The maximum absolute atomic E-state index is 9.52. The predicted molar refractivity (Wildman–Crippen MR) is 59.5 cm³/mol. The Morgan fingerprint density at radius 3 is 2.50 bits per heavy atom. The van der Waals surface area contributed by atoms with Crippen LogP contribution < -0.4 is 5.32 Å². The van der Waals surface area contributed by atoms with E-state index in [2.05, 4.69) is 33.0 Å². The van der Waals surface area contributed by atoms with Gasteiger partial charge in [0.05, 0.1) is 12.7 Å². The molecule has 0 amide bonds. The van der Waals surface area contributed by atoms with Crippen LogP contribution in [0.15, 0.2) is 0 Å². The Morgan fingerprint density at radius 2 is 2.00 bits per heavy atom. The topological polar surface area (TPSA) is 41.5 Å². The van der Waals surface area contributed by atoms with Crippen molar-refractivity contribution in [1.82, 2.24) is 5.32 Å². The molecule has 14 heavy (non-hydrogen) atoms. The van der Waals surface area contributed by atoms with E-state index in [1.807, 2.05) is 0 Å². The summed E-state index contributed by atoms with van der Waals surface area (Å²) < 4.78 is 5.31. The van der Waals surface area contributed by atoms with E-state index in [9.17, 15) is 5.11 Å². The summed E-state index contributed by atoms with van der Waals surface area (Å²) in [7, 11) is 0. The number of ether oxygens (including phenoxy) is 1. The first kappa shape index (κ1) is 13.9. The van der Waals surface area contributed by atoms with Crippen LogP contribution in [0.1, 0.15) is 40.5 Å². The van der Waals surface area contributed by atoms with Crippen LogP contribution in [-0.2, 0) is 4.74 Å². The molecule has 3 nitrogen and oxygen atoms in total. The van der Waals surface area contributed by atoms with Crippen LogP contribution in [0.4, 0.5) is 0 Å². The third-order valence-corrected chi connectivity index (χ3v) is 1.82. The molecule has 0 spiro atoms. The zero-order valence-electron chi connectivity index (χ0n) is 9.97. The Hall–Kier alpha value is -0.120. The number of aliphatic hydroxyl groups is 1.